The van der Waals surface area contributed by atoms with Gasteiger partial charge in [0, 0.05) is 33.3 Å². The van der Waals surface area contributed by atoms with E-state index in [4.69, 9.17) is 0 Å². The number of rotatable bonds is 3. The van der Waals surface area contributed by atoms with Crippen LogP contribution in [0.3, 0.4) is 0 Å². The molecular formula is C14H16N8O2. The van der Waals surface area contributed by atoms with E-state index in [0.717, 1.165) is 23.5 Å². The van der Waals surface area contributed by atoms with Crippen molar-refractivity contribution in [1.29, 1.82) is 0 Å². The Morgan fingerprint density at radius 2 is 2.08 bits per heavy atom. The Hall–Kier alpha value is -3.17. The van der Waals surface area contributed by atoms with Crippen LogP contribution >= 0.6 is 0 Å². The summed E-state index contributed by atoms with van der Waals surface area (Å²) in [5, 5.41) is 12.2. The van der Waals surface area contributed by atoms with Crippen LogP contribution in [-0.2, 0) is 7.05 Å². The van der Waals surface area contributed by atoms with Gasteiger partial charge in [-0.2, -0.15) is 4.52 Å². The van der Waals surface area contributed by atoms with Crippen molar-refractivity contribution in [3.8, 4) is 0 Å². The number of hydrogen-bond donors (Lipinski definition) is 1. The van der Waals surface area contributed by atoms with Crippen molar-refractivity contribution >= 4 is 17.3 Å². The van der Waals surface area contributed by atoms with Gasteiger partial charge in [0.25, 0.3) is 5.56 Å². The fourth-order valence-corrected chi connectivity index (χ4v) is 2.70. The number of fused-ring (bicyclic) bond motifs is 1. The van der Waals surface area contributed by atoms with Gasteiger partial charge in [0.05, 0.1) is 6.04 Å². The maximum atomic E-state index is 11.8. The molecule has 0 saturated carbocycles. The molecule has 24 heavy (non-hydrogen) atoms. The zero-order chi connectivity index (χ0) is 16.8. The molecule has 0 spiro atoms. The van der Waals surface area contributed by atoms with Crippen LogP contribution in [0.25, 0.3) is 5.65 Å². The normalized spacial score (nSPS) is 14.8. The summed E-state index contributed by atoms with van der Waals surface area (Å²) >= 11 is 0. The number of anilines is 2. The number of H-pyrrole nitrogens is 1. The Balaban J connectivity index is 1.50. The quantitative estimate of drug-likeness (QED) is 0.646. The average molecular weight is 328 g/mol. The first kappa shape index (κ1) is 14.4. The average Bonchev–Trinajstić information content (AvgIpc) is 2.98. The van der Waals surface area contributed by atoms with E-state index in [1.54, 1.807) is 10.8 Å². The zero-order valence-electron chi connectivity index (χ0n) is 13.2. The van der Waals surface area contributed by atoms with E-state index in [9.17, 15) is 9.59 Å². The molecule has 0 aromatic carbocycles. The largest absolute Gasteiger partial charge is 0.354 e. The summed E-state index contributed by atoms with van der Waals surface area (Å²) in [6.07, 6.45) is 1.56. The van der Waals surface area contributed by atoms with Crippen molar-refractivity contribution in [1.82, 2.24) is 29.4 Å². The molecule has 1 fully saturated rings. The lowest BCUT2D eigenvalue weighted by atomic mass is 10.1. The van der Waals surface area contributed by atoms with E-state index in [1.165, 1.54) is 13.1 Å². The maximum absolute atomic E-state index is 11.8. The highest BCUT2D eigenvalue weighted by Gasteiger charge is 2.32. The highest BCUT2D eigenvalue weighted by Crippen LogP contribution is 2.23. The van der Waals surface area contributed by atoms with Crippen LogP contribution in [0.4, 0.5) is 11.6 Å². The third-order valence-electron chi connectivity index (χ3n) is 4.39. The van der Waals surface area contributed by atoms with Crippen molar-refractivity contribution in [3.05, 3.63) is 45.4 Å². The molecule has 0 bridgehead atoms. The zero-order valence-corrected chi connectivity index (χ0v) is 13.2. The van der Waals surface area contributed by atoms with Gasteiger partial charge in [-0.25, -0.2) is 4.79 Å². The second kappa shape index (κ2) is 5.18. The molecule has 4 heterocycles. The van der Waals surface area contributed by atoms with E-state index in [0.29, 0.717) is 11.5 Å². The molecule has 10 heteroatoms. The van der Waals surface area contributed by atoms with Crippen LogP contribution < -0.4 is 21.0 Å². The lowest BCUT2D eigenvalue weighted by Crippen LogP contribution is -2.59. The number of likely N-dealkylation sites (N-methyl/N-ethyl adjacent to an activating group) is 1. The number of hydrogen-bond acceptors (Lipinski definition) is 7. The van der Waals surface area contributed by atoms with Crippen molar-refractivity contribution in [2.24, 2.45) is 7.05 Å². The molecular weight excluding hydrogens is 312 g/mol. The fraction of sp³-hybridized carbons (Fsp3) is 0.357. The van der Waals surface area contributed by atoms with E-state index < -0.39 is 5.69 Å². The van der Waals surface area contributed by atoms with Gasteiger partial charge >= 0.3 is 5.69 Å². The Morgan fingerprint density at radius 1 is 1.29 bits per heavy atom. The lowest BCUT2D eigenvalue weighted by molar-refractivity contribution is 0.486. The lowest BCUT2D eigenvalue weighted by Gasteiger charge is -2.45. The summed E-state index contributed by atoms with van der Waals surface area (Å²) in [6, 6.07) is 5.39. The first-order chi connectivity index (χ1) is 11.5. The SMILES string of the molecule is CN(c1cc(=O)n(C)c(=O)[nH]1)C1CN(c2ccc3nncn3n2)C1. The number of nitrogens with zero attached hydrogens (tertiary/aromatic N) is 7. The molecule has 4 rings (SSSR count). The minimum Gasteiger partial charge on any atom is -0.354 e. The third kappa shape index (κ3) is 2.23. The minimum atomic E-state index is -0.416. The predicted octanol–water partition coefficient (Wildman–Crippen LogP) is -1.16. The van der Waals surface area contributed by atoms with E-state index >= 15 is 0 Å². The van der Waals surface area contributed by atoms with Crippen LogP contribution in [0.1, 0.15) is 0 Å². The first-order valence-corrected chi connectivity index (χ1v) is 7.48. The Bertz CT molecular complexity index is 982. The van der Waals surface area contributed by atoms with Crippen molar-refractivity contribution in [2.45, 2.75) is 6.04 Å². The Labute approximate surface area is 136 Å². The number of nitrogens with one attached hydrogen (secondary N) is 1. The van der Waals surface area contributed by atoms with Gasteiger partial charge in [0.2, 0.25) is 0 Å². The van der Waals surface area contributed by atoms with Crippen molar-refractivity contribution in [3.63, 3.8) is 0 Å². The van der Waals surface area contributed by atoms with E-state index in [2.05, 4.69) is 25.2 Å². The molecule has 124 valence electrons. The molecule has 0 atom stereocenters. The summed E-state index contributed by atoms with van der Waals surface area (Å²) in [6.45, 7) is 1.49. The summed E-state index contributed by atoms with van der Waals surface area (Å²) in [4.78, 5) is 30.2. The first-order valence-electron chi connectivity index (χ1n) is 7.48. The highest BCUT2D eigenvalue weighted by atomic mass is 16.2. The van der Waals surface area contributed by atoms with Crippen LogP contribution in [-0.4, -0.2) is 55.5 Å². The van der Waals surface area contributed by atoms with Gasteiger partial charge in [-0.15, -0.1) is 15.3 Å². The molecule has 0 unspecified atom stereocenters. The number of aromatic nitrogens is 6. The summed E-state index contributed by atoms with van der Waals surface area (Å²) in [5.41, 5.74) is -0.0394. The second-order valence-electron chi connectivity index (χ2n) is 5.85. The summed E-state index contributed by atoms with van der Waals surface area (Å²) in [7, 11) is 3.31. The topological polar surface area (TPSA) is 104 Å². The van der Waals surface area contributed by atoms with Crippen LogP contribution in [0.5, 0.6) is 0 Å². The van der Waals surface area contributed by atoms with Gasteiger partial charge in [-0.05, 0) is 12.1 Å². The van der Waals surface area contributed by atoms with Crippen molar-refractivity contribution in [2.75, 3.05) is 29.9 Å². The third-order valence-corrected chi connectivity index (χ3v) is 4.39. The maximum Gasteiger partial charge on any atom is 0.329 e. The molecule has 3 aromatic heterocycles. The predicted molar refractivity (Wildman–Crippen MR) is 87.5 cm³/mol. The molecule has 3 aromatic rings. The second-order valence-corrected chi connectivity index (χ2v) is 5.85. The molecule has 0 amide bonds. The summed E-state index contributed by atoms with van der Waals surface area (Å²) < 4.78 is 2.67. The number of aromatic amines is 1. The van der Waals surface area contributed by atoms with Gasteiger partial charge < -0.3 is 9.80 Å². The van der Waals surface area contributed by atoms with Gasteiger partial charge in [0.15, 0.2) is 5.65 Å². The van der Waals surface area contributed by atoms with E-state index in [1.807, 2.05) is 24.1 Å². The van der Waals surface area contributed by atoms with Crippen LogP contribution in [0.2, 0.25) is 0 Å². The molecule has 1 aliphatic rings. The Kier molecular flexibility index (Phi) is 3.12. The standard InChI is InChI=1S/C14H16N8O2/c1-19(12-5-13(23)20(2)14(24)16-12)9-6-21(7-9)11-4-3-10-17-15-8-22(10)18-11/h3-5,8-9H,6-7H2,1-2H3,(H,16,24). The molecule has 0 radical (unpaired) electrons. The molecule has 10 nitrogen and oxygen atoms in total. The monoisotopic (exact) mass is 328 g/mol. The molecule has 1 N–H and O–H groups in total. The van der Waals surface area contributed by atoms with E-state index in [-0.39, 0.29) is 11.6 Å². The highest BCUT2D eigenvalue weighted by molar-refractivity contribution is 5.50. The van der Waals surface area contributed by atoms with Crippen molar-refractivity contribution < 1.29 is 0 Å². The van der Waals surface area contributed by atoms with Crippen LogP contribution in [0, 0.1) is 0 Å². The van der Waals surface area contributed by atoms with Gasteiger partial charge in [-0.3, -0.25) is 14.3 Å². The Morgan fingerprint density at radius 3 is 2.83 bits per heavy atom. The smallest absolute Gasteiger partial charge is 0.329 e. The molecule has 1 aliphatic heterocycles. The summed E-state index contributed by atoms with van der Waals surface area (Å²) in [5.74, 6) is 1.36. The van der Waals surface area contributed by atoms with Gasteiger partial charge in [-0.1, -0.05) is 0 Å². The fourth-order valence-electron chi connectivity index (χ4n) is 2.70. The molecule has 0 aliphatic carbocycles. The van der Waals surface area contributed by atoms with Crippen LogP contribution in [0.15, 0.2) is 34.1 Å². The van der Waals surface area contributed by atoms with Gasteiger partial charge in [0.1, 0.15) is 18.0 Å². The molecule has 1 saturated heterocycles. The minimum absolute atomic E-state index is 0.186.